The molecule has 7 nitrogen and oxygen atoms in total. The van der Waals surface area contributed by atoms with E-state index in [0.717, 1.165) is 0 Å². The Kier molecular flexibility index (Phi) is 5.98. The minimum absolute atomic E-state index is 0.0669. The molecule has 0 aliphatic rings. The number of hydrogen-bond donors (Lipinski definition) is 0. The normalized spacial score (nSPS) is 11.1. The van der Waals surface area contributed by atoms with E-state index in [-0.39, 0.29) is 16.3 Å². The van der Waals surface area contributed by atoms with Crippen molar-refractivity contribution in [2.75, 3.05) is 0 Å². The lowest BCUT2D eigenvalue weighted by atomic mass is 10.0. The van der Waals surface area contributed by atoms with Gasteiger partial charge in [-0.1, -0.05) is 28.4 Å². The third-order valence-corrected chi connectivity index (χ3v) is 4.22. The first-order chi connectivity index (χ1) is 13.5. The fourth-order valence-electron chi connectivity index (χ4n) is 2.31. The van der Waals surface area contributed by atoms with Crippen LogP contribution >= 0.6 is 23.2 Å². The summed E-state index contributed by atoms with van der Waals surface area (Å²) >= 11 is 11.8. The highest BCUT2D eigenvalue weighted by atomic mass is 35.5. The smallest absolute Gasteiger partial charge is 0.312 e. The van der Waals surface area contributed by atoms with Crippen molar-refractivity contribution >= 4 is 40.6 Å². The summed E-state index contributed by atoms with van der Waals surface area (Å²) in [5.74, 6) is -0.768. The van der Waals surface area contributed by atoms with Crippen molar-refractivity contribution in [2.45, 2.75) is 0 Å². The van der Waals surface area contributed by atoms with Gasteiger partial charge in [0.1, 0.15) is 5.71 Å². The predicted octanol–water partition coefficient (Wildman–Crippen LogP) is 4.91. The summed E-state index contributed by atoms with van der Waals surface area (Å²) in [5, 5.41) is 15.3. The molecule has 28 heavy (non-hydrogen) atoms. The van der Waals surface area contributed by atoms with E-state index in [9.17, 15) is 14.9 Å². The Morgan fingerprint density at radius 2 is 1.64 bits per heavy atom. The van der Waals surface area contributed by atoms with Gasteiger partial charge >= 0.3 is 5.97 Å². The lowest BCUT2D eigenvalue weighted by Crippen LogP contribution is -2.08. The molecule has 0 unspecified atom stereocenters. The Labute approximate surface area is 169 Å². The highest BCUT2D eigenvalue weighted by Crippen LogP contribution is 2.22. The Balaban J connectivity index is 1.95. The summed E-state index contributed by atoms with van der Waals surface area (Å²) < 4.78 is 0. The van der Waals surface area contributed by atoms with Gasteiger partial charge in [-0.05, 0) is 42.5 Å². The zero-order valence-electron chi connectivity index (χ0n) is 14.1. The van der Waals surface area contributed by atoms with Crippen molar-refractivity contribution in [2.24, 2.45) is 5.16 Å². The molecule has 0 saturated heterocycles. The molecule has 1 heterocycles. The molecule has 0 amide bonds. The van der Waals surface area contributed by atoms with Crippen LogP contribution in [-0.2, 0) is 4.84 Å². The first-order valence-electron chi connectivity index (χ1n) is 7.85. The van der Waals surface area contributed by atoms with Gasteiger partial charge in [0, 0.05) is 40.7 Å². The molecular weight excluding hydrogens is 405 g/mol. The van der Waals surface area contributed by atoms with E-state index >= 15 is 0 Å². The number of aromatic nitrogens is 1. The summed E-state index contributed by atoms with van der Waals surface area (Å²) in [5.41, 5.74) is 1.47. The van der Waals surface area contributed by atoms with Gasteiger partial charge in [-0.15, -0.1) is 0 Å². The number of carbonyl (C=O) groups is 1. The number of rotatable bonds is 5. The molecule has 0 fully saturated rings. The Bertz CT molecular complexity index is 1050. The first kappa shape index (κ1) is 19.5. The van der Waals surface area contributed by atoms with Crippen LogP contribution in [0.5, 0.6) is 0 Å². The van der Waals surface area contributed by atoms with Crippen molar-refractivity contribution in [3.63, 3.8) is 0 Å². The fraction of sp³-hybridized carbons (Fsp3) is 0. The van der Waals surface area contributed by atoms with Gasteiger partial charge in [-0.25, -0.2) is 4.79 Å². The SMILES string of the molecule is O=C(O/N=C(/c1ccncc1)c1ccc([N+](=O)[O-])cc1)c1ccc(Cl)cc1Cl. The average Bonchev–Trinajstić information content (AvgIpc) is 2.69. The van der Waals surface area contributed by atoms with Crippen LogP contribution in [0.4, 0.5) is 5.69 Å². The van der Waals surface area contributed by atoms with Crippen LogP contribution in [0.3, 0.4) is 0 Å². The summed E-state index contributed by atoms with van der Waals surface area (Å²) in [6.07, 6.45) is 3.10. The number of pyridine rings is 1. The maximum Gasteiger partial charge on any atom is 0.367 e. The van der Waals surface area contributed by atoms with E-state index in [2.05, 4.69) is 10.1 Å². The summed E-state index contributed by atoms with van der Waals surface area (Å²) in [7, 11) is 0. The van der Waals surface area contributed by atoms with E-state index in [0.29, 0.717) is 21.9 Å². The summed E-state index contributed by atoms with van der Waals surface area (Å²) in [6, 6.07) is 13.4. The van der Waals surface area contributed by atoms with Crippen LogP contribution < -0.4 is 0 Å². The third kappa shape index (κ3) is 4.51. The minimum Gasteiger partial charge on any atom is -0.312 e. The van der Waals surface area contributed by atoms with Crippen LogP contribution in [0.2, 0.25) is 10.0 Å². The number of hydrogen-bond acceptors (Lipinski definition) is 6. The molecule has 140 valence electrons. The van der Waals surface area contributed by atoms with Gasteiger partial charge in [0.05, 0.1) is 15.5 Å². The molecule has 1 aromatic heterocycles. The van der Waals surface area contributed by atoms with Gasteiger partial charge in [0.25, 0.3) is 5.69 Å². The van der Waals surface area contributed by atoms with E-state index < -0.39 is 10.9 Å². The highest BCUT2D eigenvalue weighted by molar-refractivity contribution is 6.36. The Hall–Kier alpha value is -3.29. The topological polar surface area (TPSA) is 94.7 Å². The number of oxime groups is 1. The van der Waals surface area contributed by atoms with Crippen molar-refractivity contribution in [3.05, 3.63) is 104 Å². The highest BCUT2D eigenvalue weighted by Gasteiger charge is 2.15. The quantitative estimate of drug-likeness (QED) is 0.255. The first-order valence-corrected chi connectivity index (χ1v) is 8.61. The van der Waals surface area contributed by atoms with Gasteiger partial charge in [-0.2, -0.15) is 0 Å². The minimum atomic E-state index is -0.768. The molecule has 0 atom stereocenters. The molecule has 0 bridgehead atoms. The monoisotopic (exact) mass is 415 g/mol. The van der Waals surface area contributed by atoms with E-state index in [4.69, 9.17) is 28.0 Å². The van der Waals surface area contributed by atoms with Crippen molar-refractivity contribution in [1.29, 1.82) is 0 Å². The van der Waals surface area contributed by atoms with Crippen LogP contribution in [0.15, 0.2) is 72.1 Å². The molecule has 3 rings (SSSR count). The van der Waals surface area contributed by atoms with Gasteiger partial charge < -0.3 is 4.84 Å². The number of halogens is 2. The Morgan fingerprint density at radius 3 is 2.25 bits per heavy atom. The molecule has 0 radical (unpaired) electrons. The zero-order chi connectivity index (χ0) is 20.1. The van der Waals surface area contributed by atoms with Crippen molar-refractivity contribution in [1.82, 2.24) is 4.98 Å². The average molecular weight is 416 g/mol. The fourth-order valence-corrected chi connectivity index (χ4v) is 2.80. The second-order valence-electron chi connectivity index (χ2n) is 5.48. The number of nitro benzene ring substituents is 1. The van der Waals surface area contributed by atoms with Crippen LogP contribution in [0.1, 0.15) is 21.5 Å². The van der Waals surface area contributed by atoms with Gasteiger partial charge in [-0.3, -0.25) is 15.1 Å². The second kappa shape index (κ2) is 8.60. The van der Waals surface area contributed by atoms with Gasteiger partial charge in [0.15, 0.2) is 0 Å². The van der Waals surface area contributed by atoms with E-state index in [1.54, 1.807) is 24.5 Å². The molecule has 0 aliphatic carbocycles. The number of benzene rings is 2. The molecule has 3 aromatic rings. The summed E-state index contributed by atoms with van der Waals surface area (Å²) in [6.45, 7) is 0. The van der Waals surface area contributed by atoms with Crippen LogP contribution in [-0.4, -0.2) is 21.6 Å². The zero-order valence-corrected chi connectivity index (χ0v) is 15.6. The number of non-ortho nitro benzene ring substituents is 1. The molecule has 9 heteroatoms. The van der Waals surface area contributed by atoms with Crippen molar-refractivity contribution in [3.8, 4) is 0 Å². The van der Waals surface area contributed by atoms with Crippen LogP contribution in [0, 0.1) is 10.1 Å². The predicted molar refractivity (Wildman–Crippen MR) is 105 cm³/mol. The van der Waals surface area contributed by atoms with Crippen LogP contribution in [0.25, 0.3) is 0 Å². The second-order valence-corrected chi connectivity index (χ2v) is 6.33. The molecule has 0 aliphatic heterocycles. The number of nitrogens with zero attached hydrogens (tertiary/aromatic N) is 3. The molecule has 0 saturated carbocycles. The molecule has 0 spiro atoms. The van der Waals surface area contributed by atoms with E-state index in [1.807, 2.05) is 0 Å². The molecule has 2 aromatic carbocycles. The number of nitro groups is 1. The largest absolute Gasteiger partial charge is 0.367 e. The lowest BCUT2D eigenvalue weighted by Gasteiger charge is -2.07. The standard InChI is InChI=1S/C19H11Cl2N3O4/c20-14-3-6-16(17(21)11-14)19(25)28-23-18(13-7-9-22-10-8-13)12-1-4-15(5-2-12)24(26)27/h1-11H/b23-18+. The maximum atomic E-state index is 12.3. The summed E-state index contributed by atoms with van der Waals surface area (Å²) in [4.78, 5) is 31.7. The maximum absolute atomic E-state index is 12.3. The number of carbonyl (C=O) groups excluding carboxylic acids is 1. The third-order valence-electron chi connectivity index (χ3n) is 3.68. The molecular formula is C19H11Cl2N3O4. The molecule has 0 N–H and O–H groups in total. The van der Waals surface area contributed by atoms with E-state index in [1.165, 1.54) is 42.5 Å². The van der Waals surface area contributed by atoms with Crippen molar-refractivity contribution < 1.29 is 14.6 Å². The lowest BCUT2D eigenvalue weighted by molar-refractivity contribution is -0.384. The Morgan fingerprint density at radius 1 is 1.00 bits per heavy atom. The van der Waals surface area contributed by atoms with Gasteiger partial charge in [0.2, 0.25) is 0 Å².